The van der Waals surface area contributed by atoms with Crippen LogP contribution in [0.3, 0.4) is 0 Å². The van der Waals surface area contributed by atoms with Crippen LogP contribution in [-0.2, 0) is 0 Å². The molecule has 0 saturated carbocycles. The lowest BCUT2D eigenvalue weighted by molar-refractivity contribution is -0.656. The third-order valence-electron chi connectivity index (χ3n) is 1.74. The van der Waals surface area contributed by atoms with Crippen molar-refractivity contribution < 1.29 is 15.2 Å². The molecule has 4 heteroatoms. The van der Waals surface area contributed by atoms with Gasteiger partial charge in [0.15, 0.2) is 0 Å². The number of halogens is 1. The molecule has 0 aliphatic heterocycles. The topological polar surface area (TPSA) is 46.1 Å². The summed E-state index contributed by atoms with van der Waals surface area (Å²) in [6.45, 7) is 2.50. The first-order valence-corrected chi connectivity index (χ1v) is 5.43. The summed E-state index contributed by atoms with van der Waals surface area (Å²) in [5.74, 6) is 0.880. The largest absolute Gasteiger partial charge is 0.488 e. The zero-order valence-corrected chi connectivity index (χ0v) is 9.53. The fourth-order valence-corrected chi connectivity index (χ4v) is 1.29. The Balaban J connectivity index is 2.15. The van der Waals surface area contributed by atoms with Crippen molar-refractivity contribution in [2.45, 2.75) is 0 Å². The summed E-state index contributed by atoms with van der Waals surface area (Å²) >= 11 is 3.36. The lowest BCUT2D eigenvalue weighted by atomic mass is 10.3. The van der Waals surface area contributed by atoms with Gasteiger partial charge in [-0.1, -0.05) is 15.9 Å². The van der Waals surface area contributed by atoms with E-state index < -0.39 is 0 Å². The minimum absolute atomic E-state index is 0.221. The van der Waals surface area contributed by atoms with Gasteiger partial charge in [0.1, 0.15) is 18.9 Å². The number of aliphatic hydroxyl groups excluding tert-OH is 1. The highest BCUT2D eigenvalue weighted by atomic mass is 79.9. The minimum Gasteiger partial charge on any atom is -0.488 e. The van der Waals surface area contributed by atoms with Crippen molar-refractivity contribution in [3.63, 3.8) is 0 Å². The van der Waals surface area contributed by atoms with E-state index in [4.69, 9.17) is 9.84 Å². The zero-order chi connectivity index (χ0) is 10.2. The number of quaternary nitrogens is 1. The molecule has 0 spiro atoms. The number of hydrogen-bond donors (Lipinski definition) is 2. The summed E-state index contributed by atoms with van der Waals surface area (Å²) in [5.41, 5.74) is 0. The van der Waals surface area contributed by atoms with E-state index >= 15 is 0 Å². The van der Waals surface area contributed by atoms with Crippen LogP contribution in [-0.4, -0.2) is 31.4 Å². The Morgan fingerprint density at radius 3 is 2.57 bits per heavy atom. The van der Waals surface area contributed by atoms with Crippen LogP contribution in [0.2, 0.25) is 0 Å². The highest BCUT2D eigenvalue weighted by molar-refractivity contribution is 9.10. The number of hydrogen-bond acceptors (Lipinski definition) is 2. The van der Waals surface area contributed by atoms with Gasteiger partial charge in [-0.2, -0.15) is 0 Å². The number of aliphatic hydroxyl groups is 1. The maximum absolute atomic E-state index is 8.54. The van der Waals surface area contributed by atoms with Crippen LogP contribution >= 0.6 is 15.9 Å². The average Bonchev–Trinajstić information content (AvgIpc) is 2.21. The van der Waals surface area contributed by atoms with E-state index in [0.717, 1.165) is 23.3 Å². The van der Waals surface area contributed by atoms with E-state index in [1.807, 2.05) is 29.6 Å². The van der Waals surface area contributed by atoms with Gasteiger partial charge in [0.2, 0.25) is 0 Å². The first-order valence-electron chi connectivity index (χ1n) is 4.64. The van der Waals surface area contributed by atoms with E-state index in [2.05, 4.69) is 15.9 Å². The van der Waals surface area contributed by atoms with Crippen molar-refractivity contribution in [2.24, 2.45) is 0 Å². The molecule has 0 heterocycles. The maximum Gasteiger partial charge on any atom is 0.137 e. The van der Waals surface area contributed by atoms with Crippen LogP contribution in [0.5, 0.6) is 5.75 Å². The Morgan fingerprint density at radius 1 is 1.21 bits per heavy atom. The van der Waals surface area contributed by atoms with Gasteiger partial charge in [-0.05, 0) is 24.3 Å². The van der Waals surface area contributed by atoms with Gasteiger partial charge < -0.3 is 15.2 Å². The quantitative estimate of drug-likeness (QED) is 0.727. The van der Waals surface area contributed by atoms with Crippen LogP contribution in [0.4, 0.5) is 0 Å². The lowest BCUT2D eigenvalue weighted by Gasteiger charge is -2.04. The Morgan fingerprint density at radius 2 is 1.93 bits per heavy atom. The molecule has 1 aromatic carbocycles. The van der Waals surface area contributed by atoms with Crippen molar-refractivity contribution in [2.75, 3.05) is 26.3 Å². The first-order chi connectivity index (χ1) is 6.83. The molecule has 78 valence electrons. The molecular weight excluding hydrogens is 246 g/mol. The van der Waals surface area contributed by atoms with Crippen LogP contribution in [0.25, 0.3) is 0 Å². The summed E-state index contributed by atoms with van der Waals surface area (Å²) in [7, 11) is 0. The number of ether oxygens (including phenoxy) is 1. The number of nitrogens with two attached hydrogens (primary N) is 1. The number of rotatable bonds is 6. The van der Waals surface area contributed by atoms with Gasteiger partial charge in [0.25, 0.3) is 0 Å². The van der Waals surface area contributed by atoms with Crippen LogP contribution in [0.1, 0.15) is 0 Å². The molecule has 0 unspecified atom stereocenters. The third kappa shape index (κ3) is 4.60. The summed E-state index contributed by atoms with van der Waals surface area (Å²) in [4.78, 5) is 0. The van der Waals surface area contributed by atoms with E-state index in [1.165, 1.54) is 0 Å². The van der Waals surface area contributed by atoms with Gasteiger partial charge in [0.05, 0.1) is 13.2 Å². The Labute approximate surface area is 92.2 Å². The van der Waals surface area contributed by atoms with Gasteiger partial charge >= 0.3 is 0 Å². The SMILES string of the molecule is OCC[NH2+]CCOc1ccc(Br)cc1. The molecule has 0 fully saturated rings. The molecule has 0 aliphatic rings. The maximum atomic E-state index is 8.54. The molecule has 0 bridgehead atoms. The Hall–Kier alpha value is -0.580. The molecule has 1 aromatic rings. The Bertz CT molecular complexity index is 251. The molecule has 0 radical (unpaired) electrons. The molecule has 3 nitrogen and oxygen atoms in total. The minimum atomic E-state index is 0.221. The molecule has 3 N–H and O–H groups in total. The molecule has 0 saturated heterocycles. The molecule has 1 rings (SSSR count). The fourth-order valence-electron chi connectivity index (χ4n) is 1.03. The molecule has 0 aromatic heterocycles. The normalized spacial score (nSPS) is 10.1. The fraction of sp³-hybridized carbons (Fsp3) is 0.400. The van der Waals surface area contributed by atoms with Crippen molar-refractivity contribution in [3.05, 3.63) is 28.7 Å². The zero-order valence-electron chi connectivity index (χ0n) is 7.95. The predicted molar refractivity (Wildman–Crippen MR) is 58.4 cm³/mol. The van der Waals surface area contributed by atoms with Crippen LogP contribution in [0, 0.1) is 0 Å². The van der Waals surface area contributed by atoms with Crippen molar-refractivity contribution in [1.82, 2.24) is 0 Å². The third-order valence-corrected chi connectivity index (χ3v) is 2.27. The summed E-state index contributed by atoms with van der Waals surface area (Å²) in [6.07, 6.45) is 0. The predicted octanol–water partition coefficient (Wildman–Crippen LogP) is 0.384. The monoisotopic (exact) mass is 260 g/mol. The van der Waals surface area contributed by atoms with Crippen LogP contribution in [0.15, 0.2) is 28.7 Å². The van der Waals surface area contributed by atoms with E-state index in [0.29, 0.717) is 6.61 Å². The molecule has 0 amide bonds. The summed E-state index contributed by atoms with van der Waals surface area (Å²) in [5, 5.41) is 10.6. The summed E-state index contributed by atoms with van der Waals surface area (Å²) < 4.78 is 6.53. The smallest absolute Gasteiger partial charge is 0.137 e. The van der Waals surface area contributed by atoms with Gasteiger partial charge in [-0.25, -0.2) is 0 Å². The lowest BCUT2D eigenvalue weighted by Crippen LogP contribution is -2.86. The average molecular weight is 261 g/mol. The van der Waals surface area contributed by atoms with Crippen molar-refractivity contribution in [1.29, 1.82) is 0 Å². The van der Waals surface area contributed by atoms with E-state index in [9.17, 15) is 0 Å². The number of benzene rings is 1. The second-order valence-corrected chi connectivity index (χ2v) is 3.81. The molecule has 0 atom stereocenters. The van der Waals surface area contributed by atoms with Crippen LogP contribution < -0.4 is 10.1 Å². The molecular formula is C10H15BrNO2+. The van der Waals surface area contributed by atoms with Gasteiger partial charge in [-0.15, -0.1) is 0 Å². The first kappa shape index (κ1) is 11.5. The van der Waals surface area contributed by atoms with Crippen molar-refractivity contribution >= 4 is 15.9 Å². The second kappa shape index (κ2) is 6.81. The standard InChI is InChI=1S/C10H14BrNO2/c11-9-1-3-10(4-2-9)14-8-6-12-5-7-13/h1-4,12-13H,5-8H2/p+1. The van der Waals surface area contributed by atoms with Crippen molar-refractivity contribution in [3.8, 4) is 5.75 Å². The van der Waals surface area contributed by atoms with E-state index in [-0.39, 0.29) is 6.61 Å². The second-order valence-electron chi connectivity index (χ2n) is 2.89. The van der Waals surface area contributed by atoms with Gasteiger partial charge in [-0.3, -0.25) is 0 Å². The highest BCUT2D eigenvalue weighted by Gasteiger charge is 1.94. The Kier molecular flexibility index (Phi) is 5.59. The van der Waals surface area contributed by atoms with E-state index in [1.54, 1.807) is 0 Å². The summed E-state index contributed by atoms with van der Waals surface area (Å²) in [6, 6.07) is 7.76. The highest BCUT2D eigenvalue weighted by Crippen LogP contribution is 2.15. The molecule has 0 aliphatic carbocycles. The molecule has 14 heavy (non-hydrogen) atoms. The van der Waals surface area contributed by atoms with Gasteiger partial charge in [0, 0.05) is 4.47 Å².